The van der Waals surface area contributed by atoms with Gasteiger partial charge in [-0.3, -0.25) is 4.72 Å². The van der Waals surface area contributed by atoms with Crippen molar-refractivity contribution in [2.75, 3.05) is 4.72 Å². The SMILES string of the molecule is Cc1ccc(Cl)cc1NS(=O)(=O)c1cc(-c2ccno2)oc1C. The molecule has 6 nitrogen and oxygen atoms in total. The number of hydrogen-bond donors (Lipinski definition) is 1. The van der Waals surface area contributed by atoms with Crippen LogP contribution in [0.5, 0.6) is 0 Å². The lowest BCUT2D eigenvalue weighted by atomic mass is 10.2. The lowest BCUT2D eigenvalue weighted by Crippen LogP contribution is -2.14. The molecule has 0 aliphatic carbocycles. The third-order valence-electron chi connectivity index (χ3n) is 3.29. The number of halogens is 1. The summed E-state index contributed by atoms with van der Waals surface area (Å²) in [6.45, 7) is 3.36. The van der Waals surface area contributed by atoms with Crippen LogP contribution in [0.15, 0.2) is 50.4 Å². The van der Waals surface area contributed by atoms with Crippen LogP contribution in [0, 0.1) is 13.8 Å². The Morgan fingerprint density at radius 2 is 1.91 bits per heavy atom. The number of benzene rings is 1. The summed E-state index contributed by atoms with van der Waals surface area (Å²) in [5, 5.41) is 4.02. The van der Waals surface area contributed by atoms with Crippen molar-refractivity contribution in [1.82, 2.24) is 5.16 Å². The van der Waals surface area contributed by atoms with Crippen molar-refractivity contribution in [3.05, 3.63) is 52.9 Å². The molecule has 0 fully saturated rings. The zero-order valence-corrected chi connectivity index (χ0v) is 13.9. The molecule has 2 aromatic heterocycles. The van der Waals surface area contributed by atoms with Crippen LogP contribution in [0.25, 0.3) is 11.5 Å². The van der Waals surface area contributed by atoms with Crippen LogP contribution < -0.4 is 4.72 Å². The molecule has 0 amide bonds. The van der Waals surface area contributed by atoms with Crippen LogP contribution in [0.3, 0.4) is 0 Å². The number of nitrogens with zero attached hydrogens (tertiary/aromatic N) is 1. The molecule has 2 heterocycles. The molecule has 0 aliphatic heterocycles. The molecule has 3 aromatic rings. The smallest absolute Gasteiger partial charge is 0.265 e. The first-order valence-electron chi connectivity index (χ1n) is 6.67. The van der Waals surface area contributed by atoms with E-state index >= 15 is 0 Å². The summed E-state index contributed by atoms with van der Waals surface area (Å²) in [5.41, 5.74) is 1.17. The Hall–Kier alpha value is -2.25. The second-order valence-corrected chi connectivity index (χ2v) is 7.06. The van der Waals surface area contributed by atoms with Gasteiger partial charge in [-0.05, 0) is 31.5 Å². The fraction of sp³-hybridized carbons (Fsp3) is 0.133. The monoisotopic (exact) mass is 352 g/mol. The Balaban J connectivity index is 1.98. The minimum atomic E-state index is -3.82. The first-order valence-corrected chi connectivity index (χ1v) is 8.53. The Morgan fingerprint density at radius 1 is 1.13 bits per heavy atom. The maximum Gasteiger partial charge on any atom is 0.265 e. The van der Waals surface area contributed by atoms with Crippen LogP contribution in [-0.2, 0) is 10.0 Å². The Bertz CT molecular complexity index is 946. The second-order valence-electron chi connectivity index (χ2n) is 4.97. The Morgan fingerprint density at radius 3 is 2.61 bits per heavy atom. The molecule has 1 N–H and O–H groups in total. The quantitative estimate of drug-likeness (QED) is 0.766. The lowest BCUT2D eigenvalue weighted by molar-refractivity contribution is 0.414. The average molecular weight is 353 g/mol. The zero-order chi connectivity index (χ0) is 16.6. The van der Waals surface area contributed by atoms with E-state index in [9.17, 15) is 8.42 Å². The van der Waals surface area contributed by atoms with Gasteiger partial charge < -0.3 is 8.94 Å². The molecule has 0 saturated heterocycles. The fourth-order valence-corrected chi connectivity index (χ4v) is 3.57. The molecule has 23 heavy (non-hydrogen) atoms. The number of sulfonamides is 1. The van der Waals surface area contributed by atoms with Crippen molar-refractivity contribution < 1.29 is 17.4 Å². The summed E-state index contributed by atoms with van der Waals surface area (Å²) in [4.78, 5) is 0.0308. The van der Waals surface area contributed by atoms with Crippen LogP contribution in [0.4, 0.5) is 5.69 Å². The Labute approximate surface area is 138 Å². The van der Waals surface area contributed by atoms with Crippen molar-refractivity contribution in [3.63, 3.8) is 0 Å². The van der Waals surface area contributed by atoms with Gasteiger partial charge in [-0.1, -0.05) is 22.8 Å². The van der Waals surface area contributed by atoms with Gasteiger partial charge in [-0.15, -0.1) is 0 Å². The van der Waals surface area contributed by atoms with Gasteiger partial charge in [-0.25, -0.2) is 8.42 Å². The van der Waals surface area contributed by atoms with Gasteiger partial charge >= 0.3 is 0 Å². The molecule has 3 rings (SSSR count). The molecular formula is C15H13ClN2O4S. The Kier molecular flexibility index (Phi) is 3.91. The van der Waals surface area contributed by atoms with E-state index in [1.165, 1.54) is 12.3 Å². The predicted molar refractivity (Wildman–Crippen MR) is 85.9 cm³/mol. The van der Waals surface area contributed by atoms with E-state index in [1.54, 1.807) is 38.1 Å². The van der Waals surface area contributed by atoms with E-state index in [0.717, 1.165) is 5.56 Å². The van der Waals surface area contributed by atoms with Gasteiger partial charge in [0, 0.05) is 17.2 Å². The number of rotatable bonds is 4. The van der Waals surface area contributed by atoms with Crippen LogP contribution in [0.1, 0.15) is 11.3 Å². The summed E-state index contributed by atoms with van der Waals surface area (Å²) in [7, 11) is -3.82. The zero-order valence-electron chi connectivity index (χ0n) is 12.3. The number of nitrogens with one attached hydrogen (secondary N) is 1. The second kappa shape index (κ2) is 5.75. The van der Waals surface area contributed by atoms with Gasteiger partial charge in [0.05, 0.1) is 11.9 Å². The molecule has 0 saturated carbocycles. The minimum Gasteiger partial charge on any atom is -0.456 e. The van der Waals surface area contributed by atoms with Crippen molar-refractivity contribution >= 4 is 27.3 Å². The summed E-state index contributed by atoms with van der Waals surface area (Å²) < 4.78 is 38.2. The minimum absolute atomic E-state index is 0.0308. The molecule has 0 spiro atoms. The summed E-state index contributed by atoms with van der Waals surface area (Å²) in [6.07, 6.45) is 1.45. The van der Waals surface area contributed by atoms with Gasteiger partial charge in [0.2, 0.25) is 5.76 Å². The topological polar surface area (TPSA) is 85.3 Å². The van der Waals surface area contributed by atoms with Gasteiger partial charge in [0.1, 0.15) is 10.7 Å². The number of hydrogen-bond acceptors (Lipinski definition) is 5. The standard InChI is InChI=1S/C15H13ClN2O4S/c1-9-3-4-11(16)7-12(9)18-23(19,20)15-8-14(21-10(15)2)13-5-6-17-22-13/h3-8,18H,1-2H3. The van der Waals surface area contributed by atoms with E-state index in [4.69, 9.17) is 20.5 Å². The molecular weight excluding hydrogens is 340 g/mol. The third-order valence-corrected chi connectivity index (χ3v) is 4.99. The number of furan rings is 1. The summed E-state index contributed by atoms with van der Waals surface area (Å²) in [5.74, 6) is 0.903. The molecule has 0 bridgehead atoms. The molecule has 0 unspecified atom stereocenters. The van der Waals surface area contributed by atoms with E-state index in [1.807, 2.05) is 0 Å². The maximum absolute atomic E-state index is 12.6. The highest BCUT2D eigenvalue weighted by Crippen LogP contribution is 2.30. The molecule has 1 aromatic carbocycles. The fourth-order valence-electron chi connectivity index (χ4n) is 2.10. The first kappa shape index (κ1) is 15.6. The highest BCUT2D eigenvalue weighted by molar-refractivity contribution is 7.92. The summed E-state index contributed by atoms with van der Waals surface area (Å²) in [6, 6.07) is 7.98. The number of anilines is 1. The lowest BCUT2D eigenvalue weighted by Gasteiger charge is -2.10. The first-order chi connectivity index (χ1) is 10.9. The third kappa shape index (κ3) is 3.11. The van der Waals surface area contributed by atoms with E-state index in [-0.39, 0.29) is 10.7 Å². The largest absolute Gasteiger partial charge is 0.456 e. The normalized spacial score (nSPS) is 11.6. The number of aryl methyl sites for hydroxylation is 2. The van der Waals surface area contributed by atoms with E-state index < -0.39 is 10.0 Å². The van der Waals surface area contributed by atoms with E-state index in [0.29, 0.717) is 22.2 Å². The number of aromatic nitrogens is 1. The predicted octanol–water partition coefficient (Wildman–Crippen LogP) is 4.01. The van der Waals surface area contributed by atoms with Crippen LogP contribution in [0.2, 0.25) is 5.02 Å². The molecule has 120 valence electrons. The van der Waals surface area contributed by atoms with Gasteiger partial charge in [0.25, 0.3) is 10.0 Å². The summed E-state index contributed by atoms with van der Waals surface area (Å²) >= 11 is 5.92. The maximum atomic E-state index is 12.6. The molecule has 0 radical (unpaired) electrons. The molecule has 8 heteroatoms. The van der Waals surface area contributed by atoms with E-state index in [2.05, 4.69) is 9.88 Å². The van der Waals surface area contributed by atoms with Crippen LogP contribution in [-0.4, -0.2) is 13.6 Å². The van der Waals surface area contributed by atoms with Crippen molar-refractivity contribution in [1.29, 1.82) is 0 Å². The highest BCUT2D eigenvalue weighted by atomic mass is 35.5. The highest BCUT2D eigenvalue weighted by Gasteiger charge is 2.23. The molecule has 0 atom stereocenters. The van der Waals surface area contributed by atoms with Crippen molar-refractivity contribution in [2.24, 2.45) is 0 Å². The van der Waals surface area contributed by atoms with Crippen molar-refractivity contribution in [2.45, 2.75) is 18.7 Å². The van der Waals surface area contributed by atoms with Gasteiger partial charge in [-0.2, -0.15) is 0 Å². The average Bonchev–Trinajstić information content (AvgIpc) is 3.11. The van der Waals surface area contributed by atoms with Crippen molar-refractivity contribution in [3.8, 4) is 11.5 Å². The molecule has 0 aliphatic rings. The van der Waals surface area contributed by atoms with Crippen LogP contribution >= 0.6 is 11.6 Å². The van der Waals surface area contributed by atoms with Gasteiger partial charge in [0.15, 0.2) is 5.76 Å².